The van der Waals surface area contributed by atoms with Crippen molar-refractivity contribution in [1.29, 1.82) is 0 Å². The number of carbonyl (C=O) groups is 1. The normalized spacial score (nSPS) is 11.5. The fraction of sp³-hybridized carbons (Fsp3) is 0.400. The maximum absolute atomic E-state index is 11.7. The Balaban J connectivity index is 1.87. The molecule has 0 radical (unpaired) electrons. The second kappa shape index (κ2) is 6.89. The molecule has 118 valence electrons. The highest BCUT2D eigenvalue weighted by Crippen LogP contribution is 2.18. The summed E-state index contributed by atoms with van der Waals surface area (Å²) in [5, 5.41) is 7.31. The van der Waals surface area contributed by atoms with Gasteiger partial charge in [0, 0.05) is 35.5 Å². The highest BCUT2D eigenvalue weighted by molar-refractivity contribution is 6.30. The Morgan fingerprint density at radius 1 is 1.36 bits per heavy atom. The van der Waals surface area contributed by atoms with E-state index in [4.69, 9.17) is 21.9 Å². The average molecular weight is 323 g/mol. The summed E-state index contributed by atoms with van der Waals surface area (Å²) < 4.78 is 5.15. The van der Waals surface area contributed by atoms with Crippen LogP contribution in [0.5, 0.6) is 0 Å². The molecule has 0 saturated heterocycles. The van der Waals surface area contributed by atoms with Gasteiger partial charge in [-0.1, -0.05) is 16.8 Å². The van der Waals surface area contributed by atoms with Gasteiger partial charge >= 0.3 is 0 Å². The van der Waals surface area contributed by atoms with E-state index in [2.05, 4.69) is 15.5 Å². The number of nitrogens with two attached hydrogens (primary N) is 1. The first-order valence-corrected chi connectivity index (χ1v) is 7.35. The van der Waals surface area contributed by atoms with Crippen molar-refractivity contribution in [3.63, 3.8) is 0 Å². The zero-order valence-corrected chi connectivity index (χ0v) is 13.4. The van der Waals surface area contributed by atoms with Crippen molar-refractivity contribution in [2.45, 2.75) is 32.2 Å². The maximum Gasteiger partial charge on any atom is 0.227 e. The number of aryl methyl sites for hydroxylation is 1. The van der Waals surface area contributed by atoms with E-state index >= 15 is 0 Å². The smallest absolute Gasteiger partial charge is 0.227 e. The maximum atomic E-state index is 11.7. The van der Waals surface area contributed by atoms with E-state index in [1.54, 1.807) is 12.1 Å². The third-order valence-corrected chi connectivity index (χ3v) is 3.13. The number of rotatable bonds is 6. The first-order valence-electron chi connectivity index (χ1n) is 6.97. The summed E-state index contributed by atoms with van der Waals surface area (Å²) in [6, 6.07) is 7.14. The van der Waals surface area contributed by atoms with Crippen LogP contribution in [-0.2, 0) is 11.2 Å². The molecule has 0 atom stereocenters. The second-order valence-corrected chi connectivity index (χ2v) is 6.22. The molecular weight excluding hydrogens is 304 g/mol. The number of halogens is 1. The molecule has 0 fully saturated rings. The Labute approximate surface area is 134 Å². The minimum Gasteiger partial charge on any atom is -0.354 e. The van der Waals surface area contributed by atoms with Crippen LogP contribution < -0.4 is 11.1 Å². The van der Waals surface area contributed by atoms with Crippen LogP contribution in [0.25, 0.3) is 11.4 Å². The Kier molecular flexibility index (Phi) is 5.15. The van der Waals surface area contributed by atoms with Crippen molar-refractivity contribution in [1.82, 2.24) is 15.5 Å². The summed E-state index contributed by atoms with van der Waals surface area (Å²) in [5.74, 6) is 0.812. The van der Waals surface area contributed by atoms with E-state index in [0.717, 1.165) is 5.56 Å². The number of nitrogens with one attached hydrogen (secondary N) is 1. The van der Waals surface area contributed by atoms with Gasteiger partial charge in [0.15, 0.2) is 0 Å². The molecule has 6 nitrogen and oxygen atoms in total. The second-order valence-electron chi connectivity index (χ2n) is 5.78. The average Bonchev–Trinajstić information content (AvgIpc) is 2.92. The van der Waals surface area contributed by atoms with Gasteiger partial charge in [0.2, 0.25) is 17.6 Å². The number of nitrogens with zero attached hydrogens (tertiary/aromatic N) is 2. The van der Waals surface area contributed by atoms with Crippen LogP contribution in [0.1, 0.15) is 26.2 Å². The SMILES string of the molecule is CC(C)(N)CNC(=O)CCc1nc(-c2ccc(Cl)cc2)no1. The van der Waals surface area contributed by atoms with Gasteiger partial charge in [-0.05, 0) is 38.1 Å². The summed E-state index contributed by atoms with van der Waals surface area (Å²) in [5.41, 5.74) is 6.19. The molecule has 22 heavy (non-hydrogen) atoms. The summed E-state index contributed by atoms with van der Waals surface area (Å²) in [6.45, 7) is 4.12. The molecule has 0 aliphatic carbocycles. The Morgan fingerprint density at radius 2 is 2.05 bits per heavy atom. The topological polar surface area (TPSA) is 94.0 Å². The quantitative estimate of drug-likeness (QED) is 0.850. The third-order valence-electron chi connectivity index (χ3n) is 2.88. The Morgan fingerprint density at radius 3 is 2.68 bits per heavy atom. The van der Waals surface area contributed by atoms with E-state index in [9.17, 15) is 4.79 Å². The van der Waals surface area contributed by atoms with Crippen molar-refractivity contribution in [3.05, 3.63) is 35.2 Å². The molecule has 0 aliphatic heterocycles. The Hall–Kier alpha value is -1.92. The van der Waals surface area contributed by atoms with E-state index in [-0.39, 0.29) is 12.3 Å². The van der Waals surface area contributed by atoms with Gasteiger partial charge in [-0.2, -0.15) is 4.98 Å². The third kappa shape index (κ3) is 5.13. The molecule has 0 aliphatic rings. The number of hydrogen-bond acceptors (Lipinski definition) is 5. The molecule has 0 unspecified atom stereocenters. The number of amides is 1. The monoisotopic (exact) mass is 322 g/mol. The lowest BCUT2D eigenvalue weighted by atomic mass is 10.1. The molecule has 0 spiro atoms. The van der Waals surface area contributed by atoms with E-state index in [0.29, 0.717) is 29.7 Å². The van der Waals surface area contributed by atoms with Gasteiger partial charge in [0.25, 0.3) is 0 Å². The lowest BCUT2D eigenvalue weighted by Gasteiger charge is -2.18. The van der Waals surface area contributed by atoms with Crippen LogP contribution >= 0.6 is 11.6 Å². The van der Waals surface area contributed by atoms with Crippen molar-refractivity contribution in [2.75, 3.05) is 6.54 Å². The van der Waals surface area contributed by atoms with Crippen LogP contribution in [0, 0.1) is 0 Å². The predicted octanol–water partition coefficient (Wildman–Crippen LogP) is 2.18. The molecule has 1 aromatic heterocycles. The standard InChI is InChI=1S/C15H19ClN4O2/c1-15(2,17)9-18-12(21)7-8-13-19-14(20-22-13)10-3-5-11(16)6-4-10/h3-6H,7-9,17H2,1-2H3,(H,18,21). The summed E-state index contributed by atoms with van der Waals surface area (Å²) >= 11 is 5.83. The number of aromatic nitrogens is 2. The molecule has 3 N–H and O–H groups in total. The van der Waals surface area contributed by atoms with Crippen molar-refractivity contribution >= 4 is 17.5 Å². The fourth-order valence-corrected chi connectivity index (χ4v) is 1.83. The van der Waals surface area contributed by atoms with Gasteiger partial charge in [-0.15, -0.1) is 0 Å². The van der Waals surface area contributed by atoms with Crippen LogP contribution in [0.4, 0.5) is 0 Å². The zero-order valence-electron chi connectivity index (χ0n) is 12.6. The molecule has 7 heteroatoms. The van der Waals surface area contributed by atoms with Crippen LogP contribution in [0.15, 0.2) is 28.8 Å². The molecule has 1 heterocycles. The first kappa shape index (κ1) is 16.5. The lowest BCUT2D eigenvalue weighted by Crippen LogP contribution is -2.45. The molecular formula is C15H19ClN4O2. The zero-order chi connectivity index (χ0) is 16.2. The van der Waals surface area contributed by atoms with E-state index in [1.165, 1.54) is 0 Å². The number of carbonyl (C=O) groups excluding carboxylic acids is 1. The van der Waals surface area contributed by atoms with Gasteiger partial charge in [0.05, 0.1) is 0 Å². The van der Waals surface area contributed by atoms with Crippen LogP contribution in [0.3, 0.4) is 0 Å². The Bertz CT molecular complexity index is 632. The van der Waals surface area contributed by atoms with Crippen molar-refractivity contribution in [2.24, 2.45) is 5.73 Å². The number of benzene rings is 1. The predicted molar refractivity (Wildman–Crippen MR) is 84.3 cm³/mol. The summed E-state index contributed by atoms with van der Waals surface area (Å²) in [6.07, 6.45) is 0.662. The minimum absolute atomic E-state index is 0.0928. The van der Waals surface area contributed by atoms with Crippen molar-refractivity contribution < 1.29 is 9.32 Å². The molecule has 2 aromatic rings. The van der Waals surface area contributed by atoms with Gasteiger partial charge in [0.1, 0.15) is 0 Å². The molecule has 0 saturated carbocycles. The summed E-state index contributed by atoms with van der Waals surface area (Å²) in [7, 11) is 0. The van der Waals surface area contributed by atoms with Crippen LogP contribution in [-0.4, -0.2) is 28.1 Å². The highest BCUT2D eigenvalue weighted by atomic mass is 35.5. The van der Waals surface area contributed by atoms with E-state index < -0.39 is 5.54 Å². The molecule has 2 rings (SSSR count). The van der Waals surface area contributed by atoms with Gasteiger partial charge in [-0.25, -0.2) is 0 Å². The lowest BCUT2D eigenvalue weighted by molar-refractivity contribution is -0.121. The van der Waals surface area contributed by atoms with Crippen LogP contribution in [0.2, 0.25) is 5.02 Å². The highest BCUT2D eigenvalue weighted by Gasteiger charge is 2.14. The van der Waals surface area contributed by atoms with Crippen molar-refractivity contribution in [3.8, 4) is 11.4 Å². The minimum atomic E-state index is -0.429. The van der Waals surface area contributed by atoms with Gasteiger partial charge < -0.3 is 15.6 Å². The molecule has 0 bridgehead atoms. The van der Waals surface area contributed by atoms with Gasteiger partial charge in [-0.3, -0.25) is 4.79 Å². The fourth-order valence-electron chi connectivity index (χ4n) is 1.71. The molecule has 1 amide bonds. The summed E-state index contributed by atoms with van der Waals surface area (Å²) in [4.78, 5) is 16.0. The largest absolute Gasteiger partial charge is 0.354 e. The molecule has 1 aromatic carbocycles. The number of hydrogen-bond donors (Lipinski definition) is 2. The first-order chi connectivity index (χ1) is 10.3. The van der Waals surface area contributed by atoms with E-state index in [1.807, 2.05) is 26.0 Å².